The number of aromatic nitrogens is 1. The first kappa shape index (κ1) is 20.7. The summed E-state index contributed by atoms with van der Waals surface area (Å²) in [6.45, 7) is 0.885. The number of thiazole rings is 1. The monoisotopic (exact) mass is 447 g/mol. The molecule has 158 valence electrons. The highest BCUT2D eigenvalue weighted by Gasteiger charge is 2.27. The number of phenols is 1. The predicted molar refractivity (Wildman–Crippen MR) is 114 cm³/mol. The van der Waals surface area contributed by atoms with Crippen molar-refractivity contribution in [1.82, 2.24) is 9.29 Å². The second kappa shape index (κ2) is 8.68. The van der Waals surface area contributed by atoms with Gasteiger partial charge in [0.15, 0.2) is 0 Å². The van der Waals surface area contributed by atoms with Gasteiger partial charge in [-0.3, -0.25) is 4.79 Å². The lowest BCUT2D eigenvalue weighted by Gasteiger charge is -2.16. The molecular weight excluding hydrogens is 426 g/mol. The number of hydrogen-bond acceptors (Lipinski definition) is 7. The number of anilines is 1. The van der Waals surface area contributed by atoms with Crippen LogP contribution in [0.1, 0.15) is 17.8 Å². The lowest BCUT2D eigenvalue weighted by atomic mass is 10.3. The Morgan fingerprint density at radius 3 is 2.73 bits per heavy atom. The maximum absolute atomic E-state index is 12.7. The number of nitrogens with one attached hydrogen (secondary N) is 1. The molecule has 0 unspecified atom stereocenters. The molecule has 4 rings (SSSR count). The number of sulfonamides is 1. The van der Waals surface area contributed by atoms with Crippen molar-refractivity contribution in [3.05, 3.63) is 47.5 Å². The Balaban J connectivity index is 1.37. The number of benzene rings is 2. The van der Waals surface area contributed by atoms with E-state index >= 15 is 0 Å². The molecule has 0 saturated carbocycles. The minimum absolute atomic E-state index is 0.0314. The van der Waals surface area contributed by atoms with Gasteiger partial charge in [0.25, 0.3) is 0 Å². The molecule has 1 aliphatic rings. The van der Waals surface area contributed by atoms with Crippen molar-refractivity contribution in [1.29, 1.82) is 0 Å². The van der Waals surface area contributed by atoms with E-state index in [2.05, 4.69) is 10.3 Å². The zero-order valence-corrected chi connectivity index (χ0v) is 17.7. The molecule has 0 atom stereocenters. The number of nitrogens with zero attached hydrogens (tertiary/aromatic N) is 2. The third kappa shape index (κ3) is 4.46. The van der Waals surface area contributed by atoms with E-state index in [4.69, 9.17) is 4.74 Å². The fourth-order valence-electron chi connectivity index (χ4n) is 3.25. The summed E-state index contributed by atoms with van der Waals surface area (Å²) in [7, 11) is -3.65. The predicted octanol–water partition coefficient (Wildman–Crippen LogP) is 2.94. The van der Waals surface area contributed by atoms with E-state index < -0.39 is 15.9 Å². The van der Waals surface area contributed by atoms with E-state index in [1.807, 2.05) is 24.3 Å². The first-order chi connectivity index (χ1) is 14.4. The van der Waals surface area contributed by atoms with Gasteiger partial charge in [0.1, 0.15) is 17.4 Å². The number of amides is 1. The lowest BCUT2D eigenvalue weighted by molar-refractivity contribution is -0.121. The molecule has 0 spiro atoms. The highest BCUT2D eigenvalue weighted by molar-refractivity contribution is 7.89. The number of rotatable bonds is 7. The van der Waals surface area contributed by atoms with E-state index in [-0.39, 0.29) is 29.5 Å². The van der Waals surface area contributed by atoms with Crippen LogP contribution in [0.25, 0.3) is 10.2 Å². The standard InChI is InChI=1S/C20H21N3O5S2/c24-17-8-7-14(30(26,27)23-9-3-4-10-23)11-16(17)21-19(25)12-28-13-20-22-15-5-1-2-6-18(15)29-20/h1-2,5-8,11,24H,3-4,9-10,12-13H2,(H,21,25). The summed E-state index contributed by atoms with van der Waals surface area (Å²) in [5.41, 5.74) is 0.912. The van der Waals surface area contributed by atoms with E-state index in [0.717, 1.165) is 28.1 Å². The quantitative estimate of drug-likeness (QED) is 0.539. The van der Waals surface area contributed by atoms with E-state index in [1.54, 1.807) is 0 Å². The molecule has 1 fully saturated rings. The Kier molecular flexibility index (Phi) is 6.00. The number of hydrogen-bond donors (Lipinski definition) is 2. The molecule has 1 aliphatic heterocycles. The molecule has 1 amide bonds. The van der Waals surface area contributed by atoms with Crippen molar-refractivity contribution < 1.29 is 23.1 Å². The topological polar surface area (TPSA) is 109 Å². The third-order valence-electron chi connectivity index (χ3n) is 4.74. The smallest absolute Gasteiger partial charge is 0.250 e. The van der Waals surface area contributed by atoms with Crippen molar-refractivity contribution in [2.75, 3.05) is 25.0 Å². The zero-order valence-electron chi connectivity index (χ0n) is 16.1. The number of fused-ring (bicyclic) bond motifs is 1. The molecule has 30 heavy (non-hydrogen) atoms. The Bertz CT molecular complexity index is 1140. The van der Waals surface area contributed by atoms with Gasteiger partial charge in [-0.15, -0.1) is 11.3 Å². The van der Waals surface area contributed by atoms with Gasteiger partial charge in [-0.25, -0.2) is 13.4 Å². The van der Waals surface area contributed by atoms with E-state index in [1.165, 1.54) is 33.8 Å². The van der Waals surface area contributed by atoms with Crippen LogP contribution >= 0.6 is 11.3 Å². The van der Waals surface area contributed by atoms with Crippen LogP contribution in [0, 0.1) is 0 Å². The Morgan fingerprint density at radius 1 is 1.20 bits per heavy atom. The molecule has 8 nitrogen and oxygen atoms in total. The maximum atomic E-state index is 12.7. The first-order valence-corrected chi connectivity index (χ1v) is 11.7. The van der Waals surface area contributed by atoms with Gasteiger partial charge in [-0.05, 0) is 43.2 Å². The first-order valence-electron chi connectivity index (χ1n) is 9.49. The summed E-state index contributed by atoms with van der Waals surface area (Å²) in [6.07, 6.45) is 1.65. The number of ether oxygens (including phenoxy) is 1. The highest BCUT2D eigenvalue weighted by atomic mass is 32.2. The van der Waals surface area contributed by atoms with Crippen molar-refractivity contribution in [2.24, 2.45) is 0 Å². The van der Waals surface area contributed by atoms with Gasteiger partial charge in [0, 0.05) is 13.1 Å². The summed E-state index contributed by atoms with van der Waals surface area (Å²) < 4.78 is 33.3. The molecule has 2 N–H and O–H groups in total. The summed E-state index contributed by atoms with van der Waals surface area (Å²) in [4.78, 5) is 16.7. The second-order valence-electron chi connectivity index (χ2n) is 6.91. The van der Waals surface area contributed by atoms with Gasteiger partial charge in [0.2, 0.25) is 15.9 Å². The normalized spacial score (nSPS) is 14.9. The van der Waals surface area contributed by atoms with Crippen molar-refractivity contribution in [3.63, 3.8) is 0 Å². The average molecular weight is 448 g/mol. The molecule has 1 saturated heterocycles. The van der Waals surface area contributed by atoms with Crippen molar-refractivity contribution in [2.45, 2.75) is 24.3 Å². The van der Waals surface area contributed by atoms with Crippen LogP contribution in [0.2, 0.25) is 0 Å². The maximum Gasteiger partial charge on any atom is 0.250 e. The van der Waals surface area contributed by atoms with Gasteiger partial charge in [0.05, 0.1) is 27.4 Å². The van der Waals surface area contributed by atoms with Crippen LogP contribution in [0.5, 0.6) is 5.75 Å². The van der Waals surface area contributed by atoms with E-state index in [0.29, 0.717) is 13.1 Å². The van der Waals surface area contributed by atoms with Crippen LogP contribution < -0.4 is 5.32 Å². The molecular formula is C20H21N3O5S2. The summed E-state index contributed by atoms with van der Waals surface area (Å²) >= 11 is 1.49. The third-order valence-corrected chi connectivity index (χ3v) is 7.65. The largest absolute Gasteiger partial charge is 0.506 e. The average Bonchev–Trinajstić information content (AvgIpc) is 3.39. The van der Waals surface area contributed by atoms with Crippen LogP contribution in [-0.2, 0) is 26.2 Å². The summed E-state index contributed by atoms with van der Waals surface area (Å²) in [6, 6.07) is 11.6. The zero-order chi connectivity index (χ0) is 21.1. The number of carbonyl (C=O) groups excluding carboxylic acids is 1. The fraction of sp³-hybridized carbons (Fsp3) is 0.300. The SMILES string of the molecule is O=C(COCc1nc2ccccc2s1)Nc1cc(S(=O)(=O)N2CCCC2)ccc1O. The van der Waals surface area contributed by atoms with Gasteiger partial charge in [-0.1, -0.05) is 12.1 Å². The Morgan fingerprint density at radius 2 is 1.97 bits per heavy atom. The summed E-state index contributed by atoms with van der Waals surface area (Å²) in [5.74, 6) is -0.711. The second-order valence-corrected chi connectivity index (χ2v) is 9.96. The van der Waals surface area contributed by atoms with Crippen molar-refractivity contribution in [3.8, 4) is 5.75 Å². The van der Waals surface area contributed by atoms with Gasteiger partial charge in [-0.2, -0.15) is 4.31 Å². The van der Waals surface area contributed by atoms with Crippen LogP contribution in [0.15, 0.2) is 47.4 Å². The molecule has 1 aromatic heterocycles. The Hall–Kier alpha value is -2.53. The molecule has 0 radical (unpaired) electrons. The Labute approximate surface area is 178 Å². The van der Waals surface area contributed by atoms with Gasteiger partial charge >= 0.3 is 0 Å². The summed E-state index contributed by atoms with van der Waals surface area (Å²) in [5, 5.41) is 13.3. The molecule has 2 aromatic carbocycles. The minimum Gasteiger partial charge on any atom is -0.506 e. The van der Waals surface area contributed by atoms with Crippen molar-refractivity contribution >= 4 is 43.2 Å². The number of aromatic hydroxyl groups is 1. The number of carbonyl (C=O) groups is 1. The fourth-order valence-corrected chi connectivity index (χ4v) is 5.70. The van der Waals surface area contributed by atoms with Crippen LogP contribution in [0.4, 0.5) is 5.69 Å². The van der Waals surface area contributed by atoms with Crippen LogP contribution in [0.3, 0.4) is 0 Å². The number of phenolic OH excluding ortho intramolecular Hbond substituents is 1. The number of para-hydroxylation sites is 1. The lowest BCUT2D eigenvalue weighted by Crippen LogP contribution is -2.28. The molecule has 3 aromatic rings. The van der Waals surface area contributed by atoms with Gasteiger partial charge < -0.3 is 15.2 Å². The van der Waals surface area contributed by atoms with E-state index in [9.17, 15) is 18.3 Å². The highest BCUT2D eigenvalue weighted by Crippen LogP contribution is 2.29. The molecule has 10 heteroatoms. The molecule has 0 bridgehead atoms. The van der Waals surface area contributed by atoms with Crippen LogP contribution in [-0.4, -0.2) is 48.4 Å². The molecule has 0 aliphatic carbocycles. The molecule has 2 heterocycles. The minimum atomic E-state index is -3.65.